The molecule has 2 aromatic carbocycles. The lowest BCUT2D eigenvalue weighted by Crippen LogP contribution is -2.13. The standard InChI is InChI=1S/C20H22N2O2/c1-13-3-7-18-17(9-13)16(11-21-18)6-8-20(24)22-19-10-15(12-23)5-4-14(19)2/h3-5,7,9-11,21,23H,6,8,12H2,1-2H3,(H,22,24). The monoisotopic (exact) mass is 322 g/mol. The molecule has 124 valence electrons. The number of hydrogen-bond acceptors (Lipinski definition) is 2. The maximum absolute atomic E-state index is 12.3. The number of aryl methyl sites for hydroxylation is 3. The van der Waals surface area contributed by atoms with Crippen LogP contribution >= 0.6 is 0 Å². The van der Waals surface area contributed by atoms with Gasteiger partial charge in [-0.25, -0.2) is 0 Å². The number of hydrogen-bond donors (Lipinski definition) is 3. The molecule has 0 saturated heterocycles. The molecule has 0 fully saturated rings. The summed E-state index contributed by atoms with van der Waals surface area (Å²) in [5.74, 6) is -0.0183. The van der Waals surface area contributed by atoms with Crippen LogP contribution in [0, 0.1) is 13.8 Å². The first kappa shape index (κ1) is 16.3. The molecule has 0 bridgehead atoms. The Kier molecular flexibility index (Phi) is 4.67. The third-order valence-electron chi connectivity index (χ3n) is 4.30. The minimum absolute atomic E-state index is 0.0183. The van der Waals surface area contributed by atoms with Gasteiger partial charge in [-0.05, 0) is 55.2 Å². The highest BCUT2D eigenvalue weighted by molar-refractivity contribution is 5.92. The first-order valence-electron chi connectivity index (χ1n) is 8.13. The van der Waals surface area contributed by atoms with E-state index in [0.29, 0.717) is 12.8 Å². The topological polar surface area (TPSA) is 65.1 Å². The molecule has 0 aliphatic carbocycles. The fraction of sp³-hybridized carbons (Fsp3) is 0.250. The Bertz CT molecular complexity index is 880. The van der Waals surface area contributed by atoms with E-state index in [1.54, 1.807) is 0 Å². The van der Waals surface area contributed by atoms with Crippen molar-refractivity contribution >= 4 is 22.5 Å². The van der Waals surface area contributed by atoms with E-state index >= 15 is 0 Å². The molecule has 4 heteroatoms. The van der Waals surface area contributed by atoms with Crippen molar-refractivity contribution in [3.05, 3.63) is 64.8 Å². The molecule has 3 aromatic rings. The van der Waals surface area contributed by atoms with Crippen LogP contribution in [0.1, 0.15) is 28.7 Å². The Morgan fingerprint density at radius 1 is 1.17 bits per heavy atom. The van der Waals surface area contributed by atoms with Gasteiger partial charge in [0.2, 0.25) is 5.91 Å². The number of carbonyl (C=O) groups is 1. The largest absolute Gasteiger partial charge is 0.392 e. The van der Waals surface area contributed by atoms with E-state index in [2.05, 4.69) is 35.4 Å². The molecule has 1 aromatic heterocycles. The number of carbonyl (C=O) groups excluding carboxylic acids is 1. The second-order valence-corrected chi connectivity index (χ2v) is 6.22. The van der Waals surface area contributed by atoms with Crippen LogP contribution in [0.4, 0.5) is 5.69 Å². The number of H-pyrrole nitrogens is 1. The van der Waals surface area contributed by atoms with Crippen LogP contribution < -0.4 is 5.32 Å². The minimum atomic E-state index is -0.0299. The molecule has 3 N–H and O–H groups in total. The zero-order valence-corrected chi connectivity index (χ0v) is 14.0. The van der Waals surface area contributed by atoms with Gasteiger partial charge in [0.1, 0.15) is 0 Å². The lowest BCUT2D eigenvalue weighted by molar-refractivity contribution is -0.116. The van der Waals surface area contributed by atoms with Crippen molar-refractivity contribution in [2.45, 2.75) is 33.3 Å². The van der Waals surface area contributed by atoms with E-state index in [4.69, 9.17) is 0 Å². The SMILES string of the molecule is Cc1ccc2[nH]cc(CCC(=O)Nc3cc(CO)ccc3C)c2c1. The summed E-state index contributed by atoms with van der Waals surface area (Å²) < 4.78 is 0. The third-order valence-corrected chi connectivity index (χ3v) is 4.30. The summed E-state index contributed by atoms with van der Waals surface area (Å²) in [5.41, 5.74) is 6.02. The number of nitrogens with one attached hydrogen (secondary N) is 2. The van der Waals surface area contributed by atoms with Gasteiger partial charge >= 0.3 is 0 Å². The number of amides is 1. The van der Waals surface area contributed by atoms with Crippen LogP contribution in [-0.4, -0.2) is 16.0 Å². The number of anilines is 1. The number of aromatic nitrogens is 1. The van der Waals surface area contributed by atoms with Crippen molar-refractivity contribution in [2.75, 3.05) is 5.32 Å². The summed E-state index contributed by atoms with van der Waals surface area (Å²) in [5, 5.41) is 13.4. The smallest absolute Gasteiger partial charge is 0.224 e. The quantitative estimate of drug-likeness (QED) is 0.668. The maximum atomic E-state index is 12.3. The second kappa shape index (κ2) is 6.89. The lowest BCUT2D eigenvalue weighted by atomic mass is 10.1. The molecule has 4 nitrogen and oxygen atoms in total. The molecule has 1 amide bonds. The van der Waals surface area contributed by atoms with Gasteiger partial charge in [-0.3, -0.25) is 4.79 Å². The molecular weight excluding hydrogens is 300 g/mol. The summed E-state index contributed by atoms with van der Waals surface area (Å²) in [7, 11) is 0. The van der Waals surface area contributed by atoms with E-state index in [1.165, 1.54) is 10.9 Å². The highest BCUT2D eigenvalue weighted by Crippen LogP contribution is 2.22. The van der Waals surface area contributed by atoms with Gasteiger partial charge < -0.3 is 15.4 Å². The van der Waals surface area contributed by atoms with Crippen molar-refractivity contribution in [1.29, 1.82) is 0 Å². The molecular formula is C20H22N2O2. The average molecular weight is 322 g/mol. The van der Waals surface area contributed by atoms with E-state index in [9.17, 15) is 9.90 Å². The van der Waals surface area contributed by atoms with E-state index in [-0.39, 0.29) is 12.5 Å². The van der Waals surface area contributed by atoms with Crippen molar-refractivity contribution in [1.82, 2.24) is 4.98 Å². The van der Waals surface area contributed by atoms with Crippen molar-refractivity contribution in [3.8, 4) is 0 Å². The number of rotatable bonds is 5. The lowest BCUT2D eigenvalue weighted by Gasteiger charge is -2.10. The minimum Gasteiger partial charge on any atom is -0.392 e. The Hall–Kier alpha value is -2.59. The van der Waals surface area contributed by atoms with Gasteiger partial charge in [0.05, 0.1) is 6.61 Å². The first-order valence-corrected chi connectivity index (χ1v) is 8.13. The van der Waals surface area contributed by atoms with Gasteiger partial charge in [0.25, 0.3) is 0 Å². The number of fused-ring (bicyclic) bond motifs is 1. The molecule has 3 rings (SSSR count). The highest BCUT2D eigenvalue weighted by Gasteiger charge is 2.09. The second-order valence-electron chi connectivity index (χ2n) is 6.22. The van der Waals surface area contributed by atoms with Gasteiger partial charge in [-0.2, -0.15) is 0 Å². The molecule has 24 heavy (non-hydrogen) atoms. The fourth-order valence-corrected chi connectivity index (χ4v) is 2.86. The third kappa shape index (κ3) is 3.49. The number of benzene rings is 2. The molecule has 0 unspecified atom stereocenters. The summed E-state index contributed by atoms with van der Waals surface area (Å²) in [6, 6.07) is 11.9. The molecule has 0 aliphatic heterocycles. The molecule has 0 saturated carbocycles. The van der Waals surface area contributed by atoms with Gasteiger partial charge in [-0.1, -0.05) is 23.8 Å². The average Bonchev–Trinajstić information content (AvgIpc) is 2.97. The van der Waals surface area contributed by atoms with Gasteiger partial charge in [0, 0.05) is 29.2 Å². The predicted octanol–water partition coefficient (Wildman–Crippen LogP) is 3.85. The number of aliphatic hydroxyl groups excluding tert-OH is 1. The summed E-state index contributed by atoms with van der Waals surface area (Å²) in [6.07, 6.45) is 3.09. The van der Waals surface area contributed by atoms with Crippen LogP contribution in [0.25, 0.3) is 10.9 Å². The Labute approximate surface area is 141 Å². The zero-order chi connectivity index (χ0) is 17.1. The summed E-state index contributed by atoms with van der Waals surface area (Å²) in [4.78, 5) is 15.5. The number of aliphatic hydroxyl groups is 1. The normalized spacial score (nSPS) is 11.0. The van der Waals surface area contributed by atoms with Gasteiger partial charge in [-0.15, -0.1) is 0 Å². The van der Waals surface area contributed by atoms with Crippen LogP contribution in [0.5, 0.6) is 0 Å². The Morgan fingerprint density at radius 3 is 2.79 bits per heavy atom. The predicted molar refractivity (Wildman–Crippen MR) is 97.1 cm³/mol. The first-order chi connectivity index (χ1) is 11.6. The molecule has 0 atom stereocenters. The van der Waals surface area contributed by atoms with Crippen molar-refractivity contribution in [3.63, 3.8) is 0 Å². The molecule has 1 heterocycles. The Balaban J connectivity index is 1.68. The van der Waals surface area contributed by atoms with E-state index in [0.717, 1.165) is 27.9 Å². The van der Waals surface area contributed by atoms with E-state index < -0.39 is 0 Å². The summed E-state index contributed by atoms with van der Waals surface area (Å²) >= 11 is 0. The molecule has 0 spiro atoms. The van der Waals surface area contributed by atoms with Crippen LogP contribution in [-0.2, 0) is 17.8 Å². The summed E-state index contributed by atoms with van der Waals surface area (Å²) in [6.45, 7) is 3.98. The van der Waals surface area contributed by atoms with Gasteiger partial charge in [0.15, 0.2) is 0 Å². The Morgan fingerprint density at radius 2 is 2.00 bits per heavy atom. The highest BCUT2D eigenvalue weighted by atomic mass is 16.3. The molecule has 0 radical (unpaired) electrons. The van der Waals surface area contributed by atoms with Crippen molar-refractivity contribution in [2.24, 2.45) is 0 Å². The maximum Gasteiger partial charge on any atom is 0.224 e. The number of aromatic amines is 1. The van der Waals surface area contributed by atoms with Crippen LogP contribution in [0.2, 0.25) is 0 Å². The van der Waals surface area contributed by atoms with E-state index in [1.807, 2.05) is 31.3 Å². The van der Waals surface area contributed by atoms with Crippen molar-refractivity contribution < 1.29 is 9.90 Å². The fourth-order valence-electron chi connectivity index (χ4n) is 2.86. The van der Waals surface area contributed by atoms with Crippen LogP contribution in [0.15, 0.2) is 42.6 Å². The zero-order valence-electron chi connectivity index (χ0n) is 14.0. The van der Waals surface area contributed by atoms with Crippen LogP contribution in [0.3, 0.4) is 0 Å². The molecule has 0 aliphatic rings.